The van der Waals surface area contributed by atoms with E-state index < -0.39 is 0 Å². The highest BCUT2D eigenvalue weighted by atomic mass is 79.9. The molecule has 0 unspecified atom stereocenters. The summed E-state index contributed by atoms with van der Waals surface area (Å²) in [6.07, 6.45) is 4.55. The quantitative estimate of drug-likeness (QED) is 0.577. The lowest BCUT2D eigenvalue weighted by molar-refractivity contribution is 0.795. The zero-order valence-corrected chi connectivity index (χ0v) is 16.1. The molecule has 0 saturated heterocycles. The summed E-state index contributed by atoms with van der Waals surface area (Å²) in [5, 5.41) is 7.15. The first-order chi connectivity index (χ1) is 11.1. The van der Waals surface area contributed by atoms with Gasteiger partial charge in [0.25, 0.3) is 0 Å². The Labute approximate surface area is 152 Å². The Morgan fingerprint density at radius 1 is 1.04 bits per heavy atom. The number of aryl methyl sites for hydroxylation is 2. The fourth-order valence-electron chi connectivity index (χ4n) is 2.40. The molecule has 0 amide bonds. The highest BCUT2D eigenvalue weighted by molar-refractivity contribution is 9.10. The number of halogens is 1. The van der Waals surface area contributed by atoms with E-state index in [0.29, 0.717) is 5.11 Å². The lowest BCUT2D eigenvalue weighted by Gasteiger charge is -2.14. The summed E-state index contributed by atoms with van der Waals surface area (Å²) in [5.74, 6) is 0. The van der Waals surface area contributed by atoms with Gasteiger partial charge in [0.1, 0.15) is 0 Å². The van der Waals surface area contributed by atoms with Crippen LogP contribution < -0.4 is 10.6 Å². The van der Waals surface area contributed by atoms with Gasteiger partial charge in [-0.05, 0) is 72.9 Å². The average Bonchev–Trinajstić information content (AvgIpc) is 2.55. The van der Waals surface area contributed by atoms with Crippen LogP contribution in [0.1, 0.15) is 37.8 Å². The van der Waals surface area contributed by atoms with Crippen molar-refractivity contribution in [1.82, 2.24) is 0 Å². The van der Waals surface area contributed by atoms with Crippen LogP contribution in [-0.4, -0.2) is 5.11 Å². The molecule has 2 aromatic rings. The van der Waals surface area contributed by atoms with Crippen LogP contribution >= 0.6 is 28.1 Å². The van der Waals surface area contributed by atoms with Crippen molar-refractivity contribution >= 4 is 44.6 Å². The standard InChI is InChI=1S/C19H23BrN2S/c1-3-5-6-14-7-10-17(11-8-14)21-19(23)22-18-12-9-16(20)13-15(18)4-2/h7-13H,3-6H2,1-2H3,(H2,21,22,23). The van der Waals surface area contributed by atoms with Crippen molar-refractivity contribution in [2.24, 2.45) is 0 Å². The van der Waals surface area contributed by atoms with Gasteiger partial charge in [0.2, 0.25) is 0 Å². The van der Waals surface area contributed by atoms with Crippen LogP contribution in [0.4, 0.5) is 11.4 Å². The van der Waals surface area contributed by atoms with Crippen molar-refractivity contribution in [1.29, 1.82) is 0 Å². The molecule has 0 aliphatic rings. The molecule has 2 nitrogen and oxygen atoms in total. The van der Waals surface area contributed by atoms with Crippen LogP contribution in [0.25, 0.3) is 0 Å². The van der Waals surface area contributed by atoms with Gasteiger partial charge in [-0.1, -0.05) is 48.3 Å². The molecule has 23 heavy (non-hydrogen) atoms. The van der Waals surface area contributed by atoms with E-state index in [-0.39, 0.29) is 0 Å². The predicted octanol–water partition coefficient (Wildman–Crippen LogP) is 6.16. The molecule has 122 valence electrons. The number of unbranched alkanes of at least 4 members (excludes halogenated alkanes) is 1. The van der Waals surface area contributed by atoms with Gasteiger partial charge in [-0.15, -0.1) is 0 Å². The lowest BCUT2D eigenvalue weighted by atomic mass is 10.1. The van der Waals surface area contributed by atoms with E-state index in [2.05, 4.69) is 70.7 Å². The third kappa shape index (κ3) is 5.63. The van der Waals surface area contributed by atoms with Crippen molar-refractivity contribution in [3.63, 3.8) is 0 Å². The number of benzene rings is 2. The summed E-state index contributed by atoms with van der Waals surface area (Å²) in [6.45, 7) is 4.35. The van der Waals surface area contributed by atoms with Crippen LogP contribution in [0.2, 0.25) is 0 Å². The normalized spacial score (nSPS) is 10.4. The monoisotopic (exact) mass is 390 g/mol. The summed E-state index contributed by atoms with van der Waals surface area (Å²) in [4.78, 5) is 0. The first-order valence-corrected chi connectivity index (χ1v) is 9.28. The van der Waals surface area contributed by atoms with Crippen molar-refractivity contribution in [2.75, 3.05) is 10.6 Å². The number of hydrogen-bond acceptors (Lipinski definition) is 1. The summed E-state index contributed by atoms with van der Waals surface area (Å²) in [5.41, 5.74) is 4.67. The Balaban J connectivity index is 1.97. The number of nitrogens with one attached hydrogen (secondary N) is 2. The SMILES string of the molecule is CCCCc1ccc(NC(=S)Nc2ccc(Br)cc2CC)cc1. The second kappa shape index (κ2) is 9.04. The molecular formula is C19H23BrN2S. The minimum Gasteiger partial charge on any atom is -0.332 e. The molecule has 0 atom stereocenters. The van der Waals surface area contributed by atoms with E-state index in [4.69, 9.17) is 12.2 Å². The smallest absolute Gasteiger partial charge is 0.175 e. The van der Waals surface area contributed by atoms with Crippen LogP contribution in [0.5, 0.6) is 0 Å². The maximum absolute atomic E-state index is 5.43. The molecule has 2 aromatic carbocycles. The molecule has 0 aliphatic carbocycles. The molecule has 0 radical (unpaired) electrons. The van der Waals surface area contributed by atoms with E-state index in [1.54, 1.807) is 0 Å². The Morgan fingerprint density at radius 2 is 1.78 bits per heavy atom. The van der Waals surface area contributed by atoms with Crippen LogP contribution in [0.15, 0.2) is 46.9 Å². The maximum Gasteiger partial charge on any atom is 0.175 e. The van der Waals surface area contributed by atoms with Crippen molar-refractivity contribution in [2.45, 2.75) is 39.5 Å². The average molecular weight is 391 g/mol. The van der Waals surface area contributed by atoms with E-state index in [0.717, 1.165) is 28.7 Å². The number of thiocarbonyl (C=S) groups is 1. The second-order valence-electron chi connectivity index (χ2n) is 5.53. The van der Waals surface area contributed by atoms with E-state index >= 15 is 0 Å². The summed E-state index contributed by atoms with van der Waals surface area (Å²) < 4.78 is 1.08. The Kier molecular flexibility index (Phi) is 7.06. The number of anilines is 2. The Bertz CT molecular complexity index is 653. The summed E-state index contributed by atoms with van der Waals surface area (Å²) in [7, 11) is 0. The molecule has 0 aromatic heterocycles. The molecule has 0 saturated carbocycles. The zero-order valence-electron chi connectivity index (χ0n) is 13.7. The van der Waals surface area contributed by atoms with Gasteiger partial charge in [0, 0.05) is 15.8 Å². The fourth-order valence-corrected chi connectivity index (χ4v) is 3.03. The second-order valence-corrected chi connectivity index (χ2v) is 6.86. The maximum atomic E-state index is 5.43. The van der Waals surface area contributed by atoms with E-state index in [1.165, 1.54) is 24.0 Å². The largest absolute Gasteiger partial charge is 0.332 e. The number of hydrogen-bond donors (Lipinski definition) is 2. The summed E-state index contributed by atoms with van der Waals surface area (Å²) >= 11 is 8.93. The first-order valence-electron chi connectivity index (χ1n) is 8.07. The van der Waals surface area contributed by atoms with Crippen molar-refractivity contribution in [3.05, 3.63) is 58.1 Å². The molecule has 0 bridgehead atoms. The van der Waals surface area contributed by atoms with E-state index in [9.17, 15) is 0 Å². The van der Waals surface area contributed by atoms with Crippen LogP contribution in [0.3, 0.4) is 0 Å². The third-order valence-electron chi connectivity index (χ3n) is 3.73. The third-order valence-corrected chi connectivity index (χ3v) is 4.42. The first kappa shape index (κ1) is 18.0. The van der Waals surface area contributed by atoms with Gasteiger partial charge in [0.05, 0.1) is 0 Å². The van der Waals surface area contributed by atoms with Crippen molar-refractivity contribution < 1.29 is 0 Å². The predicted molar refractivity (Wildman–Crippen MR) is 108 cm³/mol. The highest BCUT2D eigenvalue weighted by Gasteiger charge is 2.04. The Hall–Kier alpha value is -1.39. The molecule has 0 aliphatic heterocycles. The lowest BCUT2D eigenvalue weighted by Crippen LogP contribution is -2.19. The molecule has 0 fully saturated rings. The van der Waals surface area contributed by atoms with Gasteiger partial charge in [-0.2, -0.15) is 0 Å². The van der Waals surface area contributed by atoms with E-state index in [1.807, 2.05) is 12.1 Å². The topological polar surface area (TPSA) is 24.1 Å². The van der Waals surface area contributed by atoms with Crippen LogP contribution in [-0.2, 0) is 12.8 Å². The molecule has 2 N–H and O–H groups in total. The van der Waals surface area contributed by atoms with Gasteiger partial charge in [-0.3, -0.25) is 0 Å². The highest BCUT2D eigenvalue weighted by Crippen LogP contribution is 2.22. The van der Waals surface area contributed by atoms with Gasteiger partial charge in [-0.25, -0.2) is 0 Å². The molecule has 0 spiro atoms. The minimum absolute atomic E-state index is 0.614. The van der Waals surface area contributed by atoms with Gasteiger partial charge < -0.3 is 10.6 Å². The molecule has 2 rings (SSSR count). The minimum atomic E-state index is 0.614. The number of rotatable bonds is 6. The molecular weight excluding hydrogens is 368 g/mol. The van der Waals surface area contributed by atoms with Crippen LogP contribution in [0, 0.1) is 0 Å². The van der Waals surface area contributed by atoms with Gasteiger partial charge in [0.15, 0.2) is 5.11 Å². The molecule has 4 heteroatoms. The van der Waals surface area contributed by atoms with Gasteiger partial charge >= 0.3 is 0 Å². The Morgan fingerprint density at radius 3 is 2.43 bits per heavy atom. The molecule has 0 heterocycles. The zero-order chi connectivity index (χ0) is 16.7. The summed E-state index contributed by atoms with van der Waals surface area (Å²) in [6, 6.07) is 14.7. The fraction of sp³-hybridized carbons (Fsp3) is 0.316. The van der Waals surface area contributed by atoms with Crippen molar-refractivity contribution in [3.8, 4) is 0 Å².